The lowest BCUT2D eigenvalue weighted by Gasteiger charge is -2.00. The van der Waals surface area contributed by atoms with Gasteiger partial charge in [-0.15, -0.1) is 11.3 Å². The van der Waals surface area contributed by atoms with Crippen LogP contribution < -0.4 is 5.32 Å². The fourth-order valence-corrected chi connectivity index (χ4v) is 3.29. The second-order valence-electron chi connectivity index (χ2n) is 5.73. The van der Waals surface area contributed by atoms with Crippen LogP contribution in [0.15, 0.2) is 54.3 Å². The third-order valence-electron chi connectivity index (χ3n) is 3.82. The van der Waals surface area contributed by atoms with Crippen LogP contribution in [-0.2, 0) is 13.6 Å². The molecule has 0 atom stereocenters. The van der Waals surface area contributed by atoms with E-state index in [1.807, 2.05) is 43.6 Å². The molecule has 130 valence electrons. The molecule has 4 aromatic rings. The lowest BCUT2D eigenvalue weighted by molar-refractivity contribution is 0.0945. The summed E-state index contributed by atoms with van der Waals surface area (Å²) in [5.41, 5.74) is 3.26. The summed E-state index contributed by atoms with van der Waals surface area (Å²) in [6, 6.07) is 9.92. The Labute approximate surface area is 153 Å². The van der Waals surface area contributed by atoms with Crippen molar-refractivity contribution in [2.24, 2.45) is 7.05 Å². The van der Waals surface area contributed by atoms with E-state index in [4.69, 9.17) is 0 Å². The molecule has 0 saturated carbocycles. The van der Waals surface area contributed by atoms with Crippen molar-refractivity contribution in [2.45, 2.75) is 6.54 Å². The first-order valence-corrected chi connectivity index (χ1v) is 8.89. The monoisotopic (exact) mass is 364 g/mol. The van der Waals surface area contributed by atoms with E-state index in [0.29, 0.717) is 18.1 Å². The van der Waals surface area contributed by atoms with Gasteiger partial charge >= 0.3 is 0 Å². The molecule has 0 unspecified atom stereocenters. The minimum absolute atomic E-state index is 0.228. The molecule has 3 aromatic heterocycles. The maximum absolute atomic E-state index is 12.3. The van der Waals surface area contributed by atoms with Crippen LogP contribution in [0, 0.1) is 0 Å². The number of carbonyl (C=O) groups excluding carboxylic acids is 1. The van der Waals surface area contributed by atoms with Crippen LogP contribution in [0.4, 0.5) is 0 Å². The number of aromatic amines is 1. The number of nitrogens with one attached hydrogen (secondary N) is 2. The number of hydrogen-bond donors (Lipinski definition) is 2. The average molecular weight is 364 g/mol. The Morgan fingerprint density at radius 3 is 2.85 bits per heavy atom. The highest BCUT2D eigenvalue weighted by Crippen LogP contribution is 2.23. The second kappa shape index (κ2) is 6.93. The highest BCUT2D eigenvalue weighted by molar-refractivity contribution is 7.13. The van der Waals surface area contributed by atoms with Gasteiger partial charge in [0.25, 0.3) is 5.91 Å². The summed E-state index contributed by atoms with van der Waals surface area (Å²) in [6.07, 6.45) is 5.36. The molecule has 2 N–H and O–H groups in total. The molecule has 0 aliphatic heterocycles. The van der Waals surface area contributed by atoms with Gasteiger partial charge < -0.3 is 10.3 Å². The van der Waals surface area contributed by atoms with E-state index in [1.54, 1.807) is 22.5 Å². The third-order valence-corrected chi connectivity index (χ3v) is 4.71. The molecule has 0 aliphatic carbocycles. The molecule has 0 saturated heterocycles. The van der Waals surface area contributed by atoms with Gasteiger partial charge in [-0.2, -0.15) is 5.10 Å². The van der Waals surface area contributed by atoms with E-state index in [2.05, 4.69) is 25.4 Å². The molecule has 3 heterocycles. The van der Waals surface area contributed by atoms with Crippen LogP contribution >= 0.6 is 11.3 Å². The Balaban J connectivity index is 1.40. The van der Waals surface area contributed by atoms with Gasteiger partial charge in [-0.1, -0.05) is 30.3 Å². The largest absolute Gasteiger partial charge is 0.343 e. The minimum Gasteiger partial charge on any atom is -0.343 e. The van der Waals surface area contributed by atoms with Crippen molar-refractivity contribution in [1.82, 2.24) is 30.0 Å². The summed E-state index contributed by atoms with van der Waals surface area (Å²) in [4.78, 5) is 24.2. The number of rotatable bonds is 5. The Morgan fingerprint density at radius 1 is 1.23 bits per heavy atom. The van der Waals surface area contributed by atoms with Crippen LogP contribution in [0.3, 0.4) is 0 Å². The Morgan fingerprint density at radius 2 is 2.08 bits per heavy atom. The van der Waals surface area contributed by atoms with Crippen LogP contribution in [0.1, 0.15) is 16.3 Å². The quantitative estimate of drug-likeness (QED) is 0.570. The van der Waals surface area contributed by atoms with Gasteiger partial charge in [-0.3, -0.25) is 9.48 Å². The number of H-pyrrole nitrogens is 1. The molecule has 0 aliphatic rings. The zero-order valence-corrected chi connectivity index (χ0v) is 14.8. The molecule has 8 heteroatoms. The van der Waals surface area contributed by atoms with E-state index < -0.39 is 0 Å². The van der Waals surface area contributed by atoms with Crippen molar-refractivity contribution < 1.29 is 4.79 Å². The van der Waals surface area contributed by atoms with E-state index in [-0.39, 0.29) is 5.91 Å². The maximum Gasteiger partial charge on any atom is 0.271 e. The average Bonchev–Trinajstić information content (AvgIpc) is 3.40. The predicted octanol–water partition coefficient (Wildman–Crippen LogP) is 2.86. The second-order valence-corrected chi connectivity index (χ2v) is 6.59. The number of nitrogens with zero attached hydrogens (tertiary/aromatic N) is 4. The normalized spacial score (nSPS) is 10.8. The van der Waals surface area contributed by atoms with Crippen molar-refractivity contribution in [3.05, 3.63) is 65.8 Å². The molecular weight excluding hydrogens is 348 g/mol. The maximum atomic E-state index is 12.3. The SMILES string of the molecule is Cn1cc(-c2nc(C(=O)NCc3ncc(-c4ccccc4)[nH]3)cs2)cn1. The highest BCUT2D eigenvalue weighted by Gasteiger charge is 2.13. The molecule has 0 bridgehead atoms. The number of aromatic nitrogens is 5. The lowest BCUT2D eigenvalue weighted by Crippen LogP contribution is -2.23. The molecule has 0 spiro atoms. The van der Waals surface area contributed by atoms with Gasteiger partial charge in [-0.05, 0) is 5.56 Å². The molecular formula is C18H16N6OS. The molecule has 1 amide bonds. The van der Waals surface area contributed by atoms with Crippen molar-refractivity contribution in [1.29, 1.82) is 0 Å². The van der Waals surface area contributed by atoms with Crippen molar-refractivity contribution in [2.75, 3.05) is 0 Å². The third kappa shape index (κ3) is 3.40. The van der Waals surface area contributed by atoms with Gasteiger partial charge in [0.15, 0.2) is 0 Å². The van der Waals surface area contributed by atoms with E-state index in [1.165, 1.54) is 11.3 Å². The van der Waals surface area contributed by atoms with Crippen LogP contribution in [0.5, 0.6) is 0 Å². The van der Waals surface area contributed by atoms with Crippen LogP contribution in [-0.4, -0.2) is 30.6 Å². The number of benzene rings is 1. The first kappa shape index (κ1) is 16.2. The predicted molar refractivity (Wildman–Crippen MR) is 99.5 cm³/mol. The molecule has 26 heavy (non-hydrogen) atoms. The van der Waals surface area contributed by atoms with E-state index in [0.717, 1.165) is 21.8 Å². The summed E-state index contributed by atoms with van der Waals surface area (Å²) in [7, 11) is 1.85. The molecule has 0 radical (unpaired) electrons. The summed E-state index contributed by atoms with van der Waals surface area (Å²) < 4.78 is 1.71. The first-order valence-electron chi connectivity index (χ1n) is 8.01. The smallest absolute Gasteiger partial charge is 0.271 e. The van der Waals surface area contributed by atoms with Gasteiger partial charge in [0.2, 0.25) is 0 Å². The molecule has 0 fully saturated rings. The number of aryl methyl sites for hydroxylation is 1. The number of hydrogen-bond acceptors (Lipinski definition) is 5. The van der Waals surface area contributed by atoms with Gasteiger partial charge in [-0.25, -0.2) is 9.97 Å². The van der Waals surface area contributed by atoms with Crippen molar-refractivity contribution in [3.63, 3.8) is 0 Å². The van der Waals surface area contributed by atoms with Crippen LogP contribution in [0.25, 0.3) is 21.8 Å². The first-order chi connectivity index (χ1) is 12.7. The lowest BCUT2D eigenvalue weighted by atomic mass is 10.2. The van der Waals surface area contributed by atoms with E-state index in [9.17, 15) is 4.79 Å². The van der Waals surface area contributed by atoms with Crippen molar-refractivity contribution in [3.8, 4) is 21.8 Å². The fourth-order valence-electron chi connectivity index (χ4n) is 2.51. The van der Waals surface area contributed by atoms with Gasteiger partial charge in [0.1, 0.15) is 16.5 Å². The molecule has 1 aromatic carbocycles. The zero-order chi connectivity index (χ0) is 17.9. The summed E-state index contributed by atoms with van der Waals surface area (Å²) in [5.74, 6) is 0.467. The summed E-state index contributed by atoms with van der Waals surface area (Å²) >= 11 is 1.42. The standard InChI is InChI=1S/C18H16N6OS/c1-24-10-13(7-21-24)18-23-15(11-26-18)17(25)20-9-16-19-8-14(22-16)12-5-3-2-4-6-12/h2-8,10-11H,9H2,1H3,(H,19,22)(H,20,25). The van der Waals surface area contributed by atoms with Gasteiger partial charge in [0, 0.05) is 24.2 Å². The molecule has 4 rings (SSSR count). The number of imidazole rings is 1. The Kier molecular flexibility index (Phi) is 4.32. The number of thiazole rings is 1. The highest BCUT2D eigenvalue weighted by atomic mass is 32.1. The zero-order valence-electron chi connectivity index (χ0n) is 14.0. The van der Waals surface area contributed by atoms with E-state index >= 15 is 0 Å². The van der Waals surface area contributed by atoms with Crippen molar-refractivity contribution >= 4 is 17.2 Å². The number of amides is 1. The Bertz CT molecular complexity index is 1030. The summed E-state index contributed by atoms with van der Waals surface area (Å²) in [5, 5.41) is 9.48. The van der Waals surface area contributed by atoms with Crippen LogP contribution in [0.2, 0.25) is 0 Å². The summed E-state index contributed by atoms with van der Waals surface area (Å²) in [6.45, 7) is 0.311. The fraction of sp³-hybridized carbons (Fsp3) is 0.111. The molecule has 7 nitrogen and oxygen atoms in total. The topological polar surface area (TPSA) is 88.5 Å². The number of carbonyl (C=O) groups is 1. The minimum atomic E-state index is -0.228. The Hall–Kier alpha value is -3.26. The van der Waals surface area contributed by atoms with Gasteiger partial charge in [0.05, 0.1) is 24.6 Å².